The molecule has 0 aliphatic carbocycles. The molecule has 178 valence electrons. The molecule has 0 unspecified atom stereocenters. The van der Waals surface area contributed by atoms with Crippen molar-refractivity contribution in [3.05, 3.63) is 84.4 Å². The van der Waals surface area contributed by atoms with Crippen molar-refractivity contribution in [2.24, 2.45) is 0 Å². The number of carbonyl (C=O) groups is 1. The molecule has 1 amide bonds. The molecule has 1 saturated heterocycles. The van der Waals surface area contributed by atoms with Gasteiger partial charge in [0.25, 0.3) is 10.0 Å². The second-order valence-corrected chi connectivity index (χ2v) is 10.3. The van der Waals surface area contributed by atoms with Gasteiger partial charge in [-0.2, -0.15) is 0 Å². The highest BCUT2D eigenvalue weighted by atomic mass is 32.2. The summed E-state index contributed by atoms with van der Waals surface area (Å²) in [6, 6.07) is 23.2. The van der Waals surface area contributed by atoms with Crippen molar-refractivity contribution in [2.75, 3.05) is 34.2 Å². The summed E-state index contributed by atoms with van der Waals surface area (Å²) in [5.74, 6) is -0.398. The first-order chi connectivity index (χ1) is 16.5. The van der Waals surface area contributed by atoms with Gasteiger partial charge in [0.15, 0.2) is 0 Å². The minimum atomic E-state index is -3.92. The Hall–Kier alpha value is -3.32. The molecule has 1 heterocycles. The minimum absolute atomic E-state index is 0.147. The van der Waals surface area contributed by atoms with Crippen molar-refractivity contribution < 1.29 is 13.2 Å². The average Bonchev–Trinajstić information content (AvgIpc) is 2.89. The molecule has 0 atom stereocenters. The third kappa shape index (κ3) is 5.59. The molecule has 3 aromatic carbocycles. The summed E-state index contributed by atoms with van der Waals surface area (Å²) in [5, 5.41) is 2.85. The van der Waals surface area contributed by atoms with E-state index in [4.69, 9.17) is 0 Å². The number of nitrogens with one attached hydrogen (secondary N) is 1. The fourth-order valence-electron chi connectivity index (χ4n) is 4.17. The summed E-state index contributed by atoms with van der Waals surface area (Å²) in [4.78, 5) is 15.5. The molecule has 4 rings (SSSR count). The summed E-state index contributed by atoms with van der Waals surface area (Å²) in [6.45, 7) is 3.82. The standard InChI is InChI=1S/C27H31N3O3S/c1-2-22-11-15-25(16-12-22)30(34(32,33)26-9-5-3-6-10-26)21-27(31)28-23-13-17-24(18-14-23)29-19-7-4-8-20-29/h3,5-6,9-18H,2,4,7-8,19-21H2,1H3,(H,28,31). The Morgan fingerprint density at radius 2 is 1.53 bits per heavy atom. The Labute approximate surface area is 202 Å². The first kappa shape index (κ1) is 23.8. The fraction of sp³-hybridized carbons (Fsp3) is 0.296. The smallest absolute Gasteiger partial charge is 0.264 e. The predicted octanol–water partition coefficient (Wildman–Crippen LogP) is 5.07. The number of hydrogen-bond donors (Lipinski definition) is 1. The lowest BCUT2D eigenvalue weighted by Gasteiger charge is -2.29. The van der Waals surface area contributed by atoms with E-state index in [9.17, 15) is 13.2 Å². The molecule has 0 spiro atoms. The second kappa shape index (κ2) is 10.7. The van der Waals surface area contributed by atoms with Crippen molar-refractivity contribution in [3.8, 4) is 0 Å². The lowest BCUT2D eigenvalue weighted by atomic mass is 10.1. The Morgan fingerprint density at radius 1 is 0.882 bits per heavy atom. The van der Waals surface area contributed by atoms with E-state index in [1.807, 2.05) is 43.3 Å². The highest BCUT2D eigenvalue weighted by Gasteiger charge is 2.27. The van der Waals surface area contributed by atoms with E-state index in [0.29, 0.717) is 11.4 Å². The van der Waals surface area contributed by atoms with Gasteiger partial charge in [0, 0.05) is 24.5 Å². The summed E-state index contributed by atoms with van der Waals surface area (Å²) >= 11 is 0. The molecule has 0 bridgehead atoms. The molecule has 1 N–H and O–H groups in total. The van der Waals surface area contributed by atoms with Crippen molar-refractivity contribution in [1.29, 1.82) is 0 Å². The number of carbonyl (C=O) groups excluding carboxylic acids is 1. The van der Waals surface area contributed by atoms with Gasteiger partial charge in [0.05, 0.1) is 10.6 Å². The summed E-state index contributed by atoms with van der Waals surface area (Å²) in [6.07, 6.45) is 4.51. The number of amides is 1. The maximum absolute atomic E-state index is 13.4. The largest absolute Gasteiger partial charge is 0.372 e. The van der Waals surface area contributed by atoms with Crippen LogP contribution in [0.5, 0.6) is 0 Å². The Morgan fingerprint density at radius 3 is 2.15 bits per heavy atom. The van der Waals surface area contributed by atoms with Crippen LogP contribution >= 0.6 is 0 Å². The molecule has 0 aromatic heterocycles. The van der Waals surface area contributed by atoms with Gasteiger partial charge in [-0.05, 0) is 79.8 Å². The highest BCUT2D eigenvalue weighted by Crippen LogP contribution is 2.25. The predicted molar refractivity (Wildman–Crippen MR) is 138 cm³/mol. The third-order valence-electron chi connectivity index (χ3n) is 6.12. The molecule has 1 aliphatic rings. The number of sulfonamides is 1. The average molecular weight is 478 g/mol. The molecule has 3 aromatic rings. The number of anilines is 3. The van der Waals surface area contributed by atoms with Gasteiger partial charge in [0.2, 0.25) is 5.91 Å². The van der Waals surface area contributed by atoms with Gasteiger partial charge >= 0.3 is 0 Å². The number of hydrogen-bond acceptors (Lipinski definition) is 4. The molecule has 6 nitrogen and oxygen atoms in total. The van der Waals surface area contributed by atoms with Crippen LogP contribution in [0.15, 0.2) is 83.8 Å². The number of aryl methyl sites for hydroxylation is 1. The van der Waals surface area contributed by atoms with Crippen LogP contribution in [-0.4, -0.2) is 34.0 Å². The minimum Gasteiger partial charge on any atom is -0.372 e. The van der Waals surface area contributed by atoms with Gasteiger partial charge < -0.3 is 10.2 Å². The topological polar surface area (TPSA) is 69.7 Å². The summed E-state index contributed by atoms with van der Waals surface area (Å²) in [5.41, 5.74) is 3.34. The van der Waals surface area contributed by atoms with Gasteiger partial charge in [0.1, 0.15) is 6.54 Å². The zero-order valence-electron chi connectivity index (χ0n) is 19.5. The number of piperidine rings is 1. The monoisotopic (exact) mass is 477 g/mol. The van der Waals surface area contributed by atoms with Gasteiger partial charge in [-0.15, -0.1) is 0 Å². The van der Waals surface area contributed by atoms with E-state index in [1.165, 1.54) is 23.6 Å². The van der Waals surface area contributed by atoms with E-state index >= 15 is 0 Å². The molecule has 7 heteroatoms. The molecule has 0 saturated carbocycles. The van der Waals surface area contributed by atoms with E-state index in [1.54, 1.807) is 42.5 Å². The quantitative estimate of drug-likeness (QED) is 0.492. The highest BCUT2D eigenvalue weighted by molar-refractivity contribution is 7.92. The van der Waals surface area contributed by atoms with E-state index in [2.05, 4.69) is 10.2 Å². The molecule has 34 heavy (non-hydrogen) atoms. The van der Waals surface area contributed by atoms with E-state index < -0.39 is 15.9 Å². The first-order valence-electron chi connectivity index (χ1n) is 11.8. The van der Waals surface area contributed by atoms with Crippen LogP contribution in [-0.2, 0) is 21.2 Å². The van der Waals surface area contributed by atoms with Crippen LogP contribution in [0.25, 0.3) is 0 Å². The normalized spacial score (nSPS) is 14.0. The Balaban J connectivity index is 1.53. The zero-order valence-corrected chi connectivity index (χ0v) is 20.3. The number of rotatable bonds is 8. The van der Waals surface area contributed by atoms with Gasteiger partial charge in [-0.3, -0.25) is 9.10 Å². The maximum atomic E-state index is 13.4. The number of benzene rings is 3. The fourth-order valence-corrected chi connectivity index (χ4v) is 5.61. The SMILES string of the molecule is CCc1ccc(N(CC(=O)Nc2ccc(N3CCCCC3)cc2)S(=O)(=O)c2ccccc2)cc1. The molecule has 0 radical (unpaired) electrons. The lowest BCUT2D eigenvalue weighted by molar-refractivity contribution is -0.114. The molecule has 1 fully saturated rings. The Kier molecular flexibility index (Phi) is 7.53. The second-order valence-electron chi connectivity index (χ2n) is 8.49. The van der Waals surface area contributed by atoms with Crippen molar-refractivity contribution in [3.63, 3.8) is 0 Å². The zero-order chi connectivity index (χ0) is 24.0. The van der Waals surface area contributed by atoms with Crippen molar-refractivity contribution >= 4 is 33.0 Å². The molecule has 1 aliphatic heterocycles. The van der Waals surface area contributed by atoms with Crippen LogP contribution in [0.4, 0.5) is 17.1 Å². The van der Waals surface area contributed by atoms with Crippen LogP contribution in [0, 0.1) is 0 Å². The van der Waals surface area contributed by atoms with Crippen molar-refractivity contribution in [2.45, 2.75) is 37.5 Å². The van der Waals surface area contributed by atoms with Crippen LogP contribution < -0.4 is 14.5 Å². The summed E-state index contributed by atoms with van der Waals surface area (Å²) in [7, 11) is -3.92. The Bertz CT molecular complexity index is 1190. The third-order valence-corrected chi connectivity index (χ3v) is 7.91. The number of nitrogens with zero attached hydrogens (tertiary/aromatic N) is 2. The molecular formula is C27H31N3O3S. The van der Waals surface area contributed by atoms with Crippen molar-refractivity contribution in [1.82, 2.24) is 0 Å². The van der Waals surface area contributed by atoms with Crippen LogP contribution in [0.1, 0.15) is 31.7 Å². The van der Waals surface area contributed by atoms with Gasteiger partial charge in [-0.25, -0.2) is 8.42 Å². The maximum Gasteiger partial charge on any atom is 0.264 e. The first-order valence-corrected chi connectivity index (χ1v) is 13.2. The van der Waals surface area contributed by atoms with Gasteiger partial charge in [-0.1, -0.05) is 37.3 Å². The van der Waals surface area contributed by atoms with E-state index in [0.717, 1.165) is 30.8 Å². The van der Waals surface area contributed by atoms with Crippen LogP contribution in [0.3, 0.4) is 0 Å². The summed E-state index contributed by atoms with van der Waals surface area (Å²) < 4.78 is 28.0. The lowest BCUT2D eigenvalue weighted by Crippen LogP contribution is -2.38. The van der Waals surface area contributed by atoms with Crippen LogP contribution in [0.2, 0.25) is 0 Å². The van der Waals surface area contributed by atoms with E-state index in [-0.39, 0.29) is 11.4 Å². The molecular weight excluding hydrogens is 446 g/mol.